The van der Waals surface area contributed by atoms with E-state index in [1.807, 2.05) is 0 Å². The zero-order valence-electron chi connectivity index (χ0n) is 11.8. The van der Waals surface area contributed by atoms with Crippen LogP contribution in [0.2, 0.25) is 0 Å². The topological polar surface area (TPSA) is 12.0 Å². The minimum atomic E-state index is 1.04. The van der Waals surface area contributed by atoms with E-state index in [1.54, 1.807) is 0 Å². The Bertz CT molecular complexity index is 694. The molecule has 1 aliphatic rings. The molecule has 0 spiro atoms. The summed E-state index contributed by atoms with van der Waals surface area (Å²) in [7, 11) is 0. The third kappa shape index (κ3) is 2.21. The van der Waals surface area contributed by atoms with Crippen molar-refractivity contribution in [3.8, 4) is 22.3 Å². The van der Waals surface area contributed by atoms with Crippen molar-refractivity contribution in [1.29, 1.82) is 0 Å². The lowest BCUT2D eigenvalue weighted by molar-refractivity contribution is 1.11. The lowest BCUT2D eigenvalue weighted by Gasteiger charge is -2.13. The average molecular weight is 271 g/mol. The van der Waals surface area contributed by atoms with Crippen LogP contribution in [0.5, 0.6) is 0 Å². The third-order valence-corrected chi connectivity index (χ3v) is 4.12. The second-order valence-electron chi connectivity index (χ2n) is 5.46. The van der Waals surface area contributed by atoms with E-state index < -0.39 is 0 Å². The highest BCUT2D eigenvalue weighted by atomic mass is 14.9. The lowest BCUT2D eigenvalue weighted by Crippen LogP contribution is -1.92. The van der Waals surface area contributed by atoms with Crippen LogP contribution in [0.15, 0.2) is 72.8 Å². The minimum absolute atomic E-state index is 1.04. The molecule has 1 heterocycles. The zero-order valence-corrected chi connectivity index (χ0v) is 11.8. The van der Waals surface area contributed by atoms with Crippen LogP contribution < -0.4 is 5.32 Å². The van der Waals surface area contributed by atoms with Crippen LogP contribution in [-0.4, -0.2) is 6.54 Å². The van der Waals surface area contributed by atoms with E-state index in [9.17, 15) is 0 Å². The van der Waals surface area contributed by atoms with Crippen LogP contribution in [0.1, 0.15) is 5.56 Å². The SMILES string of the molecule is c1ccc(-c2cc3c(cc2-c2ccccc2)NCC3)cc1. The van der Waals surface area contributed by atoms with E-state index in [-0.39, 0.29) is 0 Å². The van der Waals surface area contributed by atoms with Gasteiger partial charge in [-0.05, 0) is 46.4 Å². The fraction of sp³-hybridized carbons (Fsp3) is 0.100. The molecule has 3 aromatic rings. The number of anilines is 1. The number of benzene rings is 3. The second-order valence-corrected chi connectivity index (χ2v) is 5.46. The Labute approximate surface area is 125 Å². The van der Waals surface area contributed by atoms with Gasteiger partial charge in [-0.15, -0.1) is 0 Å². The largest absolute Gasteiger partial charge is 0.384 e. The van der Waals surface area contributed by atoms with Crippen LogP contribution in [0, 0.1) is 0 Å². The first-order valence-electron chi connectivity index (χ1n) is 7.43. The molecular weight excluding hydrogens is 254 g/mol. The summed E-state index contributed by atoms with van der Waals surface area (Å²) in [5.74, 6) is 0. The molecule has 1 nitrogen and oxygen atoms in total. The summed E-state index contributed by atoms with van der Waals surface area (Å²) in [6.45, 7) is 1.04. The fourth-order valence-corrected chi connectivity index (χ4v) is 3.06. The van der Waals surface area contributed by atoms with Gasteiger partial charge in [0.2, 0.25) is 0 Å². The molecule has 21 heavy (non-hydrogen) atoms. The number of hydrogen-bond donors (Lipinski definition) is 1. The zero-order chi connectivity index (χ0) is 14.1. The Balaban J connectivity index is 1.96. The highest BCUT2D eigenvalue weighted by Gasteiger charge is 2.16. The standard InChI is InChI=1S/C20H17N/c1-3-7-15(8-4-1)18-13-17-11-12-21-20(17)14-19(18)16-9-5-2-6-10-16/h1-10,13-14,21H,11-12H2. The van der Waals surface area contributed by atoms with E-state index in [0.717, 1.165) is 13.0 Å². The summed E-state index contributed by atoms with van der Waals surface area (Å²) < 4.78 is 0. The van der Waals surface area contributed by atoms with Gasteiger partial charge in [0.25, 0.3) is 0 Å². The minimum Gasteiger partial charge on any atom is -0.384 e. The van der Waals surface area contributed by atoms with Crippen LogP contribution >= 0.6 is 0 Å². The first kappa shape index (κ1) is 12.2. The lowest BCUT2D eigenvalue weighted by atomic mass is 9.92. The smallest absolute Gasteiger partial charge is 0.0380 e. The van der Waals surface area contributed by atoms with Crippen molar-refractivity contribution in [3.05, 3.63) is 78.4 Å². The van der Waals surface area contributed by atoms with Gasteiger partial charge < -0.3 is 5.32 Å². The highest BCUT2D eigenvalue weighted by molar-refractivity contribution is 5.87. The number of hydrogen-bond acceptors (Lipinski definition) is 1. The Morgan fingerprint density at radius 3 is 1.86 bits per heavy atom. The first-order valence-corrected chi connectivity index (χ1v) is 7.43. The Kier molecular flexibility index (Phi) is 2.97. The maximum atomic E-state index is 3.49. The predicted molar refractivity (Wildman–Crippen MR) is 89.5 cm³/mol. The number of fused-ring (bicyclic) bond motifs is 1. The predicted octanol–water partition coefficient (Wildman–Crippen LogP) is 4.99. The first-order chi connectivity index (χ1) is 10.4. The van der Waals surface area contributed by atoms with Crippen LogP contribution in [-0.2, 0) is 6.42 Å². The molecule has 0 aromatic heterocycles. The molecule has 1 N–H and O–H groups in total. The molecule has 0 saturated carbocycles. The van der Waals surface area contributed by atoms with Crippen molar-refractivity contribution in [3.63, 3.8) is 0 Å². The maximum Gasteiger partial charge on any atom is 0.0380 e. The van der Waals surface area contributed by atoms with Gasteiger partial charge in [-0.1, -0.05) is 60.7 Å². The molecular formula is C20H17N. The molecule has 0 unspecified atom stereocenters. The van der Waals surface area contributed by atoms with Gasteiger partial charge in [0, 0.05) is 12.2 Å². The molecule has 102 valence electrons. The third-order valence-electron chi connectivity index (χ3n) is 4.12. The van der Waals surface area contributed by atoms with Gasteiger partial charge in [0.1, 0.15) is 0 Å². The van der Waals surface area contributed by atoms with Gasteiger partial charge in [0.05, 0.1) is 0 Å². The molecule has 0 aliphatic carbocycles. The molecule has 4 rings (SSSR count). The van der Waals surface area contributed by atoms with Crippen LogP contribution in [0.25, 0.3) is 22.3 Å². The van der Waals surface area contributed by atoms with E-state index in [2.05, 4.69) is 78.1 Å². The molecule has 1 heteroatoms. The molecule has 1 aliphatic heterocycles. The highest BCUT2D eigenvalue weighted by Crippen LogP contribution is 2.37. The van der Waals surface area contributed by atoms with Crippen molar-refractivity contribution >= 4 is 5.69 Å². The molecule has 0 saturated heterocycles. The van der Waals surface area contributed by atoms with Gasteiger partial charge in [-0.25, -0.2) is 0 Å². The molecule has 0 radical (unpaired) electrons. The quantitative estimate of drug-likeness (QED) is 0.692. The van der Waals surface area contributed by atoms with Crippen molar-refractivity contribution in [2.75, 3.05) is 11.9 Å². The maximum absolute atomic E-state index is 3.49. The molecule has 0 atom stereocenters. The van der Waals surface area contributed by atoms with Gasteiger partial charge in [-0.2, -0.15) is 0 Å². The Hall–Kier alpha value is -2.54. The molecule has 0 bridgehead atoms. The van der Waals surface area contributed by atoms with Crippen molar-refractivity contribution in [1.82, 2.24) is 0 Å². The summed E-state index contributed by atoms with van der Waals surface area (Å²) in [4.78, 5) is 0. The van der Waals surface area contributed by atoms with Crippen molar-refractivity contribution in [2.45, 2.75) is 6.42 Å². The van der Waals surface area contributed by atoms with Crippen LogP contribution in [0.3, 0.4) is 0 Å². The fourth-order valence-electron chi connectivity index (χ4n) is 3.06. The van der Waals surface area contributed by atoms with E-state index >= 15 is 0 Å². The molecule has 0 amide bonds. The summed E-state index contributed by atoms with van der Waals surface area (Å²) >= 11 is 0. The summed E-state index contributed by atoms with van der Waals surface area (Å²) in [6.07, 6.45) is 1.12. The number of nitrogens with one attached hydrogen (secondary N) is 1. The summed E-state index contributed by atoms with van der Waals surface area (Å²) in [5.41, 5.74) is 7.89. The number of rotatable bonds is 2. The van der Waals surface area contributed by atoms with E-state index in [1.165, 1.54) is 33.5 Å². The Morgan fingerprint density at radius 2 is 1.24 bits per heavy atom. The average Bonchev–Trinajstić information content (AvgIpc) is 3.03. The summed E-state index contributed by atoms with van der Waals surface area (Å²) in [5, 5.41) is 3.49. The van der Waals surface area contributed by atoms with Gasteiger partial charge in [0.15, 0.2) is 0 Å². The summed E-state index contributed by atoms with van der Waals surface area (Å²) in [6, 6.07) is 26.0. The Morgan fingerprint density at radius 1 is 0.667 bits per heavy atom. The van der Waals surface area contributed by atoms with Crippen LogP contribution in [0.4, 0.5) is 5.69 Å². The van der Waals surface area contributed by atoms with Crippen molar-refractivity contribution < 1.29 is 0 Å². The van der Waals surface area contributed by atoms with Gasteiger partial charge >= 0.3 is 0 Å². The van der Waals surface area contributed by atoms with E-state index in [0.29, 0.717) is 0 Å². The normalized spacial score (nSPS) is 12.8. The van der Waals surface area contributed by atoms with Gasteiger partial charge in [-0.3, -0.25) is 0 Å². The molecule has 0 fully saturated rings. The monoisotopic (exact) mass is 271 g/mol. The van der Waals surface area contributed by atoms with Crippen molar-refractivity contribution in [2.24, 2.45) is 0 Å². The molecule has 3 aromatic carbocycles. The van der Waals surface area contributed by atoms with E-state index in [4.69, 9.17) is 0 Å². The second kappa shape index (κ2) is 5.10.